The molecule has 0 saturated carbocycles. The second kappa shape index (κ2) is 10.1. The van der Waals surface area contributed by atoms with Crippen LogP contribution in [0.2, 0.25) is 0 Å². The highest BCUT2D eigenvalue weighted by Gasteiger charge is 2.51. The Balaban J connectivity index is 3.22. The first-order valence-corrected chi connectivity index (χ1v) is 8.17. The summed E-state index contributed by atoms with van der Waals surface area (Å²) < 4.78 is 26.7. The van der Waals surface area contributed by atoms with Crippen molar-refractivity contribution in [2.75, 3.05) is 13.2 Å². The van der Waals surface area contributed by atoms with Gasteiger partial charge in [0, 0.05) is 34.3 Å². The molecule has 0 aliphatic carbocycles. The summed E-state index contributed by atoms with van der Waals surface area (Å²) in [6.45, 7) is 6.56. The van der Waals surface area contributed by atoms with Crippen molar-refractivity contribution in [1.82, 2.24) is 5.32 Å². The van der Waals surface area contributed by atoms with Crippen molar-refractivity contribution >= 4 is 23.8 Å². The van der Waals surface area contributed by atoms with E-state index in [1.165, 1.54) is 27.7 Å². The Bertz CT molecular complexity index is 536. The standard InChI is InChI=1S/C16H25NO9/c1-6-22-16-13(17-8(2)18)15(25-11(5)21)14(24-10(4)20)12(26-16)7-23-9(3)19/h12-16H,6-7H2,1-5H3,(H,17,18)/t12-,13+,14-,15+,16+/m1/s1. The third-order valence-corrected chi connectivity index (χ3v) is 3.40. The van der Waals surface area contributed by atoms with E-state index in [1.54, 1.807) is 6.92 Å². The minimum absolute atomic E-state index is 0.242. The molecule has 0 aromatic rings. The van der Waals surface area contributed by atoms with Gasteiger partial charge < -0.3 is 29.0 Å². The number of hydrogen-bond acceptors (Lipinski definition) is 9. The molecule has 1 rings (SSSR count). The molecule has 0 unspecified atom stereocenters. The number of carbonyl (C=O) groups is 4. The maximum atomic E-state index is 11.6. The van der Waals surface area contributed by atoms with Gasteiger partial charge in [0.1, 0.15) is 18.8 Å². The van der Waals surface area contributed by atoms with E-state index in [9.17, 15) is 19.2 Å². The lowest BCUT2D eigenvalue weighted by atomic mass is 9.96. The van der Waals surface area contributed by atoms with Gasteiger partial charge in [-0.3, -0.25) is 19.2 Å². The van der Waals surface area contributed by atoms with Crippen LogP contribution in [-0.4, -0.2) is 67.7 Å². The van der Waals surface area contributed by atoms with Crippen LogP contribution in [-0.2, 0) is 42.9 Å². The molecule has 26 heavy (non-hydrogen) atoms. The van der Waals surface area contributed by atoms with Crippen molar-refractivity contribution in [3.05, 3.63) is 0 Å². The molecule has 10 nitrogen and oxygen atoms in total. The molecule has 1 saturated heterocycles. The highest BCUT2D eigenvalue weighted by Crippen LogP contribution is 2.27. The summed E-state index contributed by atoms with van der Waals surface area (Å²) in [6, 6.07) is -0.922. The highest BCUT2D eigenvalue weighted by molar-refractivity contribution is 5.73. The first-order valence-electron chi connectivity index (χ1n) is 8.17. The lowest BCUT2D eigenvalue weighted by Crippen LogP contribution is -2.66. The predicted octanol–water partition coefficient (Wildman–Crippen LogP) is -0.321. The van der Waals surface area contributed by atoms with E-state index < -0.39 is 54.5 Å². The fraction of sp³-hybridized carbons (Fsp3) is 0.750. The molecule has 0 bridgehead atoms. The maximum absolute atomic E-state index is 11.6. The summed E-state index contributed by atoms with van der Waals surface area (Å²) in [4.78, 5) is 45.8. The average Bonchev–Trinajstić information content (AvgIpc) is 2.50. The number of amides is 1. The zero-order valence-electron chi connectivity index (χ0n) is 15.5. The van der Waals surface area contributed by atoms with Crippen LogP contribution in [0, 0.1) is 0 Å². The Hall–Kier alpha value is -2.20. The quantitative estimate of drug-likeness (QED) is 0.470. The number of rotatable bonds is 7. The van der Waals surface area contributed by atoms with Gasteiger partial charge in [-0.05, 0) is 6.92 Å². The van der Waals surface area contributed by atoms with Gasteiger partial charge in [-0.15, -0.1) is 0 Å². The van der Waals surface area contributed by atoms with Crippen molar-refractivity contribution in [3.8, 4) is 0 Å². The third-order valence-electron chi connectivity index (χ3n) is 3.40. The SMILES string of the molecule is CCO[C@H]1O[C@H](COC(C)=O)[C@@H](OC(C)=O)[C@@H](OC(C)=O)[C@@H]1NC(C)=O. The number of carbonyl (C=O) groups excluding carboxylic acids is 4. The van der Waals surface area contributed by atoms with E-state index in [1.807, 2.05) is 0 Å². The summed E-state index contributed by atoms with van der Waals surface area (Å²) in [6.07, 6.45) is -4.15. The molecule has 5 atom stereocenters. The predicted molar refractivity (Wildman–Crippen MR) is 85.6 cm³/mol. The Kier molecular flexibility index (Phi) is 8.46. The molecule has 1 N–H and O–H groups in total. The van der Waals surface area contributed by atoms with E-state index in [4.69, 9.17) is 23.7 Å². The highest BCUT2D eigenvalue weighted by atomic mass is 16.7. The van der Waals surface area contributed by atoms with Crippen LogP contribution < -0.4 is 5.32 Å². The van der Waals surface area contributed by atoms with Gasteiger partial charge in [-0.25, -0.2) is 0 Å². The van der Waals surface area contributed by atoms with Gasteiger partial charge in [-0.2, -0.15) is 0 Å². The number of nitrogens with one attached hydrogen (secondary N) is 1. The van der Waals surface area contributed by atoms with Crippen LogP contribution in [0.15, 0.2) is 0 Å². The lowest BCUT2D eigenvalue weighted by Gasteiger charge is -2.44. The van der Waals surface area contributed by atoms with Crippen molar-refractivity contribution in [3.63, 3.8) is 0 Å². The summed E-state index contributed by atoms with van der Waals surface area (Å²) in [5, 5.41) is 2.60. The van der Waals surface area contributed by atoms with E-state index in [0.717, 1.165) is 0 Å². The summed E-state index contributed by atoms with van der Waals surface area (Å²) >= 11 is 0. The molecule has 1 fully saturated rings. The van der Waals surface area contributed by atoms with E-state index in [2.05, 4.69) is 5.32 Å². The zero-order chi connectivity index (χ0) is 19.9. The molecular formula is C16H25NO9. The largest absolute Gasteiger partial charge is 0.463 e. The molecule has 0 aromatic carbocycles. The van der Waals surface area contributed by atoms with Crippen LogP contribution in [0.3, 0.4) is 0 Å². The van der Waals surface area contributed by atoms with Crippen molar-refractivity contribution in [2.24, 2.45) is 0 Å². The van der Waals surface area contributed by atoms with Gasteiger partial charge >= 0.3 is 17.9 Å². The molecule has 148 valence electrons. The Morgan fingerprint density at radius 3 is 1.96 bits per heavy atom. The molecular weight excluding hydrogens is 350 g/mol. The van der Waals surface area contributed by atoms with Crippen molar-refractivity contribution in [1.29, 1.82) is 0 Å². The van der Waals surface area contributed by atoms with Crippen molar-refractivity contribution < 1.29 is 42.9 Å². The second-order valence-corrected chi connectivity index (χ2v) is 5.68. The van der Waals surface area contributed by atoms with Gasteiger partial charge in [0.05, 0.1) is 0 Å². The number of hydrogen-bond donors (Lipinski definition) is 1. The third kappa shape index (κ3) is 6.60. The van der Waals surface area contributed by atoms with E-state index in [-0.39, 0.29) is 13.2 Å². The number of esters is 3. The van der Waals surface area contributed by atoms with E-state index >= 15 is 0 Å². The first kappa shape index (κ1) is 21.8. The zero-order valence-corrected chi connectivity index (χ0v) is 15.5. The smallest absolute Gasteiger partial charge is 0.303 e. The Morgan fingerprint density at radius 2 is 1.50 bits per heavy atom. The van der Waals surface area contributed by atoms with Crippen LogP contribution in [0.5, 0.6) is 0 Å². The molecule has 1 aliphatic rings. The maximum Gasteiger partial charge on any atom is 0.303 e. The fourth-order valence-electron chi connectivity index (χ4n) is 2.60. The summed E-state index contributed by atoms with van der Waals surface area (Å²) in [7, 11) is 0. The monoisotopic (exact) mass is 375 g/mol. The van der Waals surface area contributed by atoms with Crippen LogP contribution >= 0.6 is 0 Å². The minimum Gasteiger partial charge on any atom is -0.463 e. The first-order chi connectivity index (χ1) is 12.1. The van der Waals surface area contributed by atoms with Crippen molar-refractivity contribution in [2.45, 2.75) is 65.3 Å². The van der Waals surface area contributed by atoms with Crippen LogP contribution in [0.1, 0.15) is 34.6 Å². The van der Waals surface area contributed by atoms with Gasteiger partial charge in [0.25, 0.3) is 0 Å². The Labute approximate surface area is 151 Å². The molecule has 0 radical (unpaired) electrons. The van der Waals surface area contributed by atoms with Gasteiger partial charge in [-0.1, -0.05) is 0 Å². The summed E-state index contributed by atoms with van der Waals surface area (Å²) in [5.74, 6) is -2.28. The molecule has 1 heterocycles. The van der Waals surface area contributed by atoms with Gasteiger partial charge in [0.15, 0.2) is 18.5 Å². The number of ether oxygens (including phenoxy) is 5. The minimum atomic E-state index is -1.11. The molecule has 10 heteroatoms. The topological polar surface area (TPSA) is 126 Å². The molecule has 1 aliphatic heterocycles. The van der Waals surface area contributed by atoms with Crippen LogP contribution in [0.4, 0.5) is 0 Å². The summed E-state index contributed by atoms with van der Waals surface area (Å²) in [5.41, 5.74) is 0. The van der Waals surface area contributed by atoms with Gasteiger partial charge in [0.2, 0.25) is 5.91 Å². The Morgan fingerprint density at radius 1 is 0.923 bits per heavy atom. The second-order valence-electron chi connectivity index (χ2n) is 5.68. The lowest BCUT2D eigenvalue weighted by molar-refractivity contribution is -0.276. The fourth-order valence-corrected chi connectivity index (χ4v) is 2.60. The normalized spacial score (nSPS) is 28.0. The van der Waals surface area contributed by atoms with E-state index in [0.29, 0.717) is 0 Å². The molecule has 1 amide bonds. The average molecular weight is 375 g/mol. The molecule has 0 aromatic heterocycles. The van der Waals surface area contributed by atoms with Crippen LogP contribution in [0.25, 0.3) is 0 Å². The molecule has 0 spiro atoms.